The molecule has 0 spiro atoms. The van der Waals surface area contributed by atoms with Gasteiger partial charge in [-0.2, -0.15) is 0 Å². The third-order valence-electron chi connectivity index (χ3n) is 2.63. The highest BCUT2D eigenvalue weighted by atomic mass is 14.5. The summed E-state index contributed by atoms with van der Waals surface area (Å²) in [6.07, 6.45) is 2.46. The average Bonchev–Trinajstić information content (AvgIpc) is 2.15. The molecule has 78 valence electrons. The van der Waals surface area contributed by atoms with Crippen molar-refractivity contribution in [3.63, 3.8) is 0 Å². The van der Waals surface area contributed by atoms with Crippen LogP contribution < -0.4 is 5.73 Å². The van der Waals surface area contributed by atoms with Crippen LogP contribution in [0.4, 0.5) is 0 Å². The zero-order valence-electron chi connectivity index (χ0n) is 9.51. The summed E-state index contributed by atoms with van der Waals surface area (Å²) in [6.45, 7) is 7.35. The van der Waals surface area contributed by atoms with Gasteiger partial charge in [-0.25, -0.2) is 0 Å². The van der Waals surface area contributed by atoms with Crippen molar-refractivity contribution in [3.8, 4) is 0 Å². The molecular weight excluding hydrogens is 170 g/mol. The molecule has 0 radical (unpaired) electrons. The highest BCUT2D eigenvalue weighted by Gasteiger charge is 2.01. The average molecular weight is 191 g/mol. The molecule has 0 fully saturated rings. The number of benzene rings is 1. The van der Waals surface area contributed by atoms with Crippen LogP contribution in [0.15, 0.2) is 18.2 Å². The van der Waals surface area contributed by atoms with Crippen molar-refractivity contribution in [2.24, 2.45) is 11.7 Å². The first-order valence-electron chi connectivity index (χ1n) is 5.42. The molecule has 0 amide bonds. The fourth-order valence-corrected chi connectivity index (χ4v) is 1.61. The molecule has 0 aliphatic rings. The van der Waals surface area contributed by atoms with Crippen molar-refractivity contribution >= 4 is 0 Å². The van der Waals surface area contributed by atoms with Gasteiger partial charge in [-0.15, -0.1) is 0 Å². The van der Waals surface area contributed by atoms with Gasteiger partial charge in [-0.3, -0.25) is 0 Å². The summed E-state index contributed by atoms with van der Waals surface area (Å²) in [5, 5.41) is 0. The van der Waals surface area contributed by atoms with Crippen LogP contribution in [-0.4, -0.2) is 0 Å². The quantitative estimate of drug-likeness (QED) is 0.777. The van der Waals surface area contributed by atoms with Gasteiger partial charge in [0.15, 0.2) is 0 Å². The monoisotopic (exact) mass is 191 g/mol. The number of aryl methyl sites for hydroxylation is 2. The minimum atomic E-state index is 0.644. The fourth-order valence-electron chi connectivity index (χ4n) is 1.61. The Balaban J connectivity index is 2.69. The summed E-state index contributed by atoms with van der Waals surface area (Å²) in [7, 11) is 0. The zero-order valence-corrected chi connectivity index (χ0v) is 9.51. The first kappa shape index (κ1) is 11.3. The molecule has 0 unspecified atom stereocenters. The van der Waals surface area contributed by atoms with Crippen molar-refractivity contribution in [3.05, 3.63) is 34.9 Å². The van der Waals surface area contributed by atoms with E-state index in [9.17, 15) is 0 Å². The number of hydrogen-bond acceptors (Lipinski definition) is 1. The predicted molar refractivity (Wildman–Crippen MR) is 62.2 cm³/mol. The van der Waals surface area contributed by atoms with Gasteiger partial charge in [0.1, 0.15) is 0 Å². The van der Waals surface area contributed by atoms with E-state index < -0.39 is 0 Å². The highest BCUT2D eigenvalue weighted by Crippen LogP contribution is 2.15. The Hall–Kier alpha value is -0.820. The van der Waals surface area contributed by atoms with Gasteiger partial charge in [0.05, 0.1) is 0 Å². The molecule has 1 heteroatoms. The highest BCUT2D eigenvalue weighted by molar-refractivity contribution is 5.31. The van der Waals surface area contributed by atoms with Crippen LogP contribution in [0.1, 0.15) is 37.0 Å². The Morgan fingerprint density at radius 3 is 2.50 bits per heavy atom. The summed E-state index contributed by atoms with van der Waals surface area (Å²) in [4.78, 5) is 0. The summed E-state index contributed by atoms with van der Waals surface area (Å²) in [5.74, 6) is 0.781. The van der Waals surface area contributed by atoms with Crippen molar-refractivity contribution in [2.75, 3.05) is 0 Å². The molecule has 0 atom stereocenters. The molecule has 1 aromatic carbocycles. The maximum Gasteiger partial charge on any atom is 0.0178 e. The van der Waals surface area contributed by atoms with Gasteiger partial charge >= 0.3 is 0 Å². The van der Waals surface area contributed by atoms with Gasteiger partial charge in [0, 0.05) is 6.54 Å². The van der Waals surface area contributed by atoms with Crippen LogP contribution in [0, 0.1) is 12.8 Å². The van der Waals surface area contributed by atoms with Crippen LogP contribution in [0.2, 0.25) is 0 Å². The van der Waals surface area contributed by atoms with Gasteiger partial charge < -0.3 is 5.73 Å². The molecule has 14 heavy (non-hydrogen) atoms. The summed E-state index contributed by atoms with van der Waals surface area (Å²) in [5.41, 5.74) is 9.67. The molecule has 1 aromatic rings. The van der Waals surface area contributed by atoms with Crippen molar-refractivity contribution < 1.29 is 0 Å². The van der Waals surface area contributed by atoms with E-state index in [0.717, 1.165) is 5.92 Å². The fraction of sp³-hybridized carbons (Fsp3) is 0.538. The largest absolute Gasteiger partial charge is 0.326 e. The molecule has 0 saturated heterocycles. The maximum atomic E-state index is 5.59. The normalized spacial score (nSPS) is 10.9. The van der Waals surface area contributed by atoms with E-state index in [1.807, 2.05) is 0 Å². The standard InChI is InChI=1S/C13H21N/c1-10(2)4-6-13-7-5-12(9-14)8-11(13)3/h5,7-8,10H,4,6,9,14H2,1-3H3. The Labute approximate surface area is 87.3 Å². The third kappa shape index (κ3) is 3.15. The molecule has 0 aromatic heterocycles. The van der Waals surface area contributed by atoms with Crippen molar-refractivity contribution in [1.82, 2.24) is 0 Å². The molecule has 1 nitrogen and oxygen atoms in total. The maximum absolute atomic E-state index is 5.59. The first-order chi connectivity index (χ1) is 6.63. The second kappa shape index (κ2) is 5.16. The molecule has 0 saturated carbocycles. The molecular formula is C13H21N. The Morgan fingerprint density at radius 2 is 2.00 bits per heavy atom. The Bertz CT molecular complexity index is 289. The lowest BCUT2D eigenvalue weighted by atomic mass is 9.97. The number of nitrogens with two attached hydrogens (primary N) is 1. The molecule has 0 heterocycles. The summed E-state index contributed by atoms with van der Waals surface area (Å²) >= 11 is 0. The zero-order chi connectivity index (χ0) is 10.6. The van der Waals surface area contributed by atoms with E-state index >= 15 is 0 Å². The van der Waals surface area contributed by atoms with Crippen molar-refractivity contribution in [1.29, 1.82) is 0 Å². The van der Waals surface area contributed by atoms with Crippen LogP contribution in [0.5, 0.6) is 0 Å². The topological polar surface area (TPSA) is 26.0 Å². The van der Waals surface area contributed by atoms with Gasteiger partial charge in [-0.1, -0.05) is 32.0 Å². The SMILES string of the molecule is Cc1cc(CN)ccc1CCC(C)C. The second-order valence-electron chi connectivity index (χ2n) is 4.40. The van der Waals surface area contributed by atoms with E-state index in [2.05, 4.69) is 39.0 Å². The van der Waals surface area contributed by atoms with Gasteiger partial charge in [-0.05, 0) is 42.4 Å². The van der Waals surface area contributed by atoms with Gasteiger partial charge in [0.25, 0.3) is 0 Å². The number of rotatable bonds is 4. The van der Waals surface area contributed by atoms with E-state index in [-0.39, 0.29) is 0 Å². The Morgan fingerprint density at radius 1 is 1.29 bits per heavy atom. The van der Waals surface area contributed by atoms with E-state index in [4.69, 9.17) is 5.73 Å². The lowest BCUT2D eigenvalue weighted by molar-refractivity contribution is 0.585. The molecule has 0 bridgehead atoms. The molecule has 1 rings (SSSR count). The van der Waals surface area contributed by atoms with Crippen LogP contribution >= 0.6 is 0 Å². The van der Waals surface area contributed by atoms with Crippen LogP contribution in [0.3, 0.4) is 0 Å². The Kier molecular flexibility index (Phi) is 4.15. The smallest absolute Gasteiger partial charge is 0.0178 e. The second-order valence-corrected chi connectivity index (χ2v) is 4.40. The molecule has 0 aliphatic carbocycles. The first-order valence-corrected chi connectivity index (χ1v) is 5.42. The third-order valence-corrected chi connectivity index (χ3v) is 2.63. The number of hydrogen-bond donors (Lipinski definition) is 1. The van der Waals surface area contributed by atoms with E-state index in [0.29, 0.717) is 6.54 Å². The van der Waals surface area contributed by atoms with Crippen LogP contribution in [0.25, 0.3) is 0 Å². The van der Waals surface area contributed by atoms with E-state index in [1.165, 1.54) is 29.5 Å². The predicted octanol–water partition coefficient (Wildman–Crippen LogP) is 3.04. The van der Waals surface area contributed by atoms with Crippen LogP contribution in [-0.2, 0) is 13.0 Å². The summed E-state index contributed by atoms with van der Waals surface area (Å²) < 4.78 is 0. The molecule has 0 aliphatic heterocycles. The lowest BCUT2D eigenvalue weighted by Gasteiger charge is -2.09. The minimum absolute atomic E-state index is 0.644. The van der Waals surface area contributed by atoms with E-state index in [1.54, 1.807) is 0 Å². The van der Waals surface area contributed by atoms with Gasteiger partial charge in [0.2, 0.25) is 0 Å². The lowest BCUT2D eigenvalue weighted by Crippen LogP contribution is -1.99. The molecule has 2 N–H and O–H groups in total. The van der Waals surface area contributed by atoms with Crippen molar-refractivity contribution in [2.45, 2.75) is 40.2 Å². The minimum Gasteiger partial charge on any atom is -0.326 e. The summed E-state index contributed by atoms with van der Waals surface area (Å²) in [6, 6.07) is 6.57.